The molecule has 0 aliphatic carbocycles. The maximum atomic E-state index is 14.7. The predicted molar refractivity (Wildman–Crippen MR) is 221 cm³/mol. The largest absolute Gasteiger partial charge is 0.497 e. The Labute approximate surface area is 347 Å². The Morgan fingerprint density at radius 3 is 2.23 bits per heavy atom. The maximum Gasteiger partial charge on any atom is 0.310 e. The molecule has 2 aliphatic heterocycles. The number of rotatable bonds is 16. The Bertz CT molecular complexity index is 2300. The Hall–Kier alpha value is -6.86. The van der Waals surface area contributed by atoms with E-state index in [2.05, 4.69) is 5.32 Å². The Morgan fingerprint density at radius 2 is 1.50 bits per heavy atom. The fourth-order valence-corrected chi connectivity index (χ4v) is 7.38. The number of esters is 2. The lowest BCUT2D eigenvalue weighted by molar-refractivity contribution is -0.155. The standard InChI is InChI=1S/C47H46N2O11/c1-3-56-43(52)28-39-46(60-44(53)26-31-12-21-40-41(24-31)59-29-58-40)45(48-47(54)34-15-13-33(14-16-34)32-8-5-4-6-9-32)37-27-36(57-23-7-22-50)19-20-38(37)49(39)42(51)25-30-10-17-35(55-2)18-11-30/h4-6,8-21,24,27,39,45-46,50H,3,7,22-23,25-26,28-29H2,1-2H3,(H,48,54)/t39-,45-,46-/m0/s1. The highest BCUT2D eigenvalue weighted by Gasteiger charge is 2.48. The number of carbonyl (C=O) groups excluding carboxylic acids is 4. The summed E-state index contributed by atoms with van der Waals surface area (Å²) in [5.41, 5.74) is 4.27. The van der Waals surface area contributed by atoms with Crippen LogP contribution < -0.4 is 29.2 Å². The number of nitrogens with zero attached hydrogens (tertiary/aromatic N) is 1. The third-order valence-corrected chi connectivity index (χ3v) is 10.3. The molecule has 2 aliphatic rings. The Kier molecular flexibility index (Phi) is 13.3. The molecule has 0 fully saturated rings. The van der Waals surface area contributed by atoms with Gasteiger partial charge in [0.05, 0.1) is 51.7 Å². The van der Waals surface area contributed by atoms with Crippen LogP contribution in [0.25, 0.3) is 11.1 Å². The van der Waals surface area contributed by atoms with Gasteiger partial charge in [-0.05, 0) is 83.8 Å². The average molecular weight is 815 g/mol. The predicted octanol–water partition coefficient (Wildman–Crippen LogP) is 6.39. The quantitative estimate of drug-likeness (QED) is 0.0840. The molecule has 0 saturated carbocycles. The van der Waals surface area contributed by atoms with Crippen molar-refractivity contribution in [2.75, 3.05) is 38.6 Å². The van der Waals surface area contributed by atoms with Crippen molar-refractivity contribution in [3.05, 3.63) is 138 Å². The van der Waals surface area contributed by atoms with Crippen LogP contribution in [0.5, 0.6) is 23.0 Å². The van der Waals surface area contributed by atoms with Crippen LogP contribution in [0.2, 0.25) is 0 Å². The molecule has 0 unspecified atom stereocenters. The van der Waals surface area contributed by atoms with Crippen molar-refractivity contribution in [1.82, 2.24) is 5.32 Å². The van der Waals surface area contributed by atoms with E-state index in [9.17, 15) is 24.3 Å². The molecule has 2 heterocycles. The highest BCUT2D eigenvalue weighted by atomic mass is 16.7. The van der Waals surface area contributed by atoms with E-state index in [4.69, 9.17) is 28.4 Å². The van der Waals surface area contributed by atoms with Crippen LogP contribution in [0.4, 0.5) is 5.69 Å². The first kappa shape index (κ1) is 41.3. The smallest absolute Gasteiger partial charge is 0.310 e. The zero-order chi connectivity index (χ0) is 42.0. The zero-order valence-electron chi connectivity index (χ0n) is 33.3. The van der Waals surface area contributed by atoms with Gasteiger partial charge < -0.3 is 43.7 Å². The first-order valence-electron chi connectivity index (χ1n) is 19.8. The summed E-state index contributed by atoms with van der Waals surface area (Å²) in [4.78, 5) is 58.1. The van der Waals surface area contributed by atoms with Gasteiger partial charge in [-0.2, -0.15) is 0 Å². The molecular formula is C47H46N2O11. The molecule has 0 spiro atoms. The van der Waals surface area contributed by atoms with E-state index in [0.717, 1.165) is 11.1 Å². The molecule has 5 aromatic carbocycles. The molecule has 2 amide bonds. The van der Waals surface area contributed by atoms with Crippen molar-refractivity contribution in [3.8, 4) is 34.1 Å². The molecule has 7 rings (SSSR count). The summed E-state index contributed by atoms with van der Waals surface area (Å²) in [7, 11) is 1.55. The molecule has 13 heteroatoms. The minimum absolute atomic E-state index is 0.0582. The molecule has 0 radical (unpaired) electrons. The fraction of sp³-hybridized carbons (Fsp3) is 0.277. The van der Waals surface area contributed by atoms with Gasteiger partial charge in [0, 0.05) is 29.8 Å². The fourth-order valence-electron chi connectivity index (χ4n) is 7.38. The first-order valence-corrected chi connectivity index (χ1v) is 19.8. The Balaban J connectivity index is 1.31. The average Bonchev–Trinajstić information content (AvgIpc) is 3.74. The van der Waals surface area contributed by atoms with Gasteiger partial charge in [0.1, 0.15) is 17.6 Å². The Morgan fingerprint density at radius 1 is 0.783 bits per heavy atom. The second-order valence-corrected chi connectivity index (χ2v) is 14.2. The van der Waals surface area contributed by atoms with Crippen molar-refractivity contribution in [1.29, 1.82) is 0 Å². The lowest BCUT2D eigenvalue weighted by atomic mass is 9.85. The third-order valence-electron chi connectivity index (χ3n) is 10.3. The number of benzene rings is 5. The summed E-state index contributed by atoms with van der Waals surface area (Å²) in [6, 6.07) is 31.8. The second-order valence-electron chi connectivity index (χ2n) is 14.2. The van der Waals surface area contributed by atoms with E-state index in [1.807, 2.05) is 42.5 Å². The van der Waals surface area contributed by atoms with Crippen LogP contribution in [0, 0.1) is 0 Å². The van der Waals surface area contributed by atoms with Gasteiger partial charge in [0.15, 0.2) is 11.5 Å². The van der Waals surface area contributed by atoms with Gasteiger partial charge in [0.2, 0.25) is 12.7 Å². The van der Waals surface area contributed by atoms with Crippen molar-refractivity contribution >= 4 is 29.4 Å². The van der Waals surface area contributed by atoms with Crippen molar-refractivity contribution in [2.45, 2.75) is 50.8 Å². The highest BCUT2D eigenvalue weighted by molar-refractivity contribution is 5.99. The number of carbonyl (C=O) groups is 4. The minimum atomic E-state index is -1.30. The molecule has 60 heavy (non-hydrogen) atoms. The summed E-state index contributed by atoms with van der Waals surface area (Å²) in [6.45, 7) is 1.91. The number of aliphatic hydroxyl groups is 1. The number of aliphatic hydroxyl groups excluding tert-OH is 1. The van der Waals surface area contributed by atoms with E-state index in [1.165, 1.54) is 4.90 Å². The van der Waals surface area contributed by atoms with Crippen LogP contribution in [0.3, 0.4) is 0 Å². The van der Waals surface area contributed by atoms with Gasteiger partial charge in [-0.25, -0.2) is 0 Å². The van der Waals surface area contributed by atoms with Gasteiger partial charge >= 0.3 is 11.9 Å². The number of anilines is 1. The summed E-state index contributed by atoms with van der Waals surface area (Å²) in [5, 5.41) is 12.5. The van der Waals surface area contributed by atoms with Crippen molar-refractivity contribution < 1.29 is 52.7 Å². The number of hydrogen-bond acceptors (Lipinski definition) is 11. The molecule has 13 nitrogen and oxygen atoms in total. The number of fused-ring (bicyclic) bond motifs is 2. The van der Waals surface area contributed by atoms with E-state index >= 15 is 0 Å². The van der Waals surface area contributed by atoms with Gasteiger partial charge in [-0.3, -0.25) is 19.2 Å². The second kappa shape index (κ2) is 19.3. The van der Waals surface area contributed by atoms with E-state index in [-0.39, 0.29) is 45.9 Å². The normalized spacial score (nSPS) is 16.3. The van der Waals surface area contributed by atoms with Crippen LogP contribution in [-0.2, 0) is 36.7 Å². The number of amides is 2. The minimum Gasteiger partial charge on any atom is -0.497 e. The summed E-state index contributed by atoms with van der Waals surface area (Å²) in [5.74, 6) is -0.148. The maximum absolute atomic E-state index is 14.7. The molecule has 0 saturated heterocycles. The van der Waals surface area contributed by atoms with Crippen molar-refractivity contribution in [2.24, 2.45) is 0 Å². The molecular weight excluding hydrogens is 769 g/mol. The lowest BCUT2D eigenvalue weighted by Gasteiger charge is -2.45. The monoisotopic (exact) mass is 814 g/mol. The molecule has 0 bridgehead atoms. The molecule has 5 aromatic rings. The number of ether oxygens (including phenoxy) is 6. The van der Waals surface area contributed by atoms with E-state index < -0.39 is 41.9 Å². The molecule has 310 valence electrons. The van der Waals surface area contributed by atoms with Crippen LogP contribution in [-0.4, -0.2) is 74.7 Å². The van der Waals surface area contributed by atoms with Gasteiger partial charge in [-0.1, -0.05) is 60.7 Å². The topological polar surface area (TPSA) is 159 Å². The van der Waals surface area contributed by atoms with Crippen LogP contribution >= 0.6 is 0 Å². The number of nitrogens with one attached hydrogen (secondary N) is 1. The van der Waals surface area contributed by atoms with Crippen molar-refractivity contribution in [3.63, 3.8) is 0 Å². The molecule has 3 atom stereocenters. The van der Waals surface area contributed by atoms with Gasteiger partial charge in [0.25, 0.3) is 5.91 Å². The first-order chi connectivity index (χ1) is 29.2. The summed E-state index contributed by atoms with van der Waals surface area (Å²) >= 11 is 0. The third kappa shape index (κ3) is 9.70. The molecule has 0 aromatic heterocycles. The van der Waals surface area contributed by atoms with Crippen LogP contribution in [0.1, 0.15) is 52.9 Å². The number of hydrogen-bond donors (Lipinski definition) is 2. The highest BCUT2D eigenvalue weighted by Crippen LogP contribution is 2.43. The lowest BCUT2D eigenvalue weighted by Crippen LogP contribution is -2.58. The molecule has 2 N–H and O–H groups in total. The van der Waals surface area contributed by atoms with E-state index in [0.29, 0.717) is 57.4 Å². The van der Waals surface area contributed by atoms with E-state index in [1.54, 1.807) is 86.8 Å². The zero-order valence-corrected chi connectivity index (χ0v) is 33.3. The summed E-state index contributed by atoms with van der Waals surface area (Å²) < 4.78 is 34.1. The van der Waals surface area contributed by atoms with Crippen LogP contribution in [0.15, 0.2) is 115 Å². The van der Waals surface area contributed by atoms with Gasteiger partial charge in [-0.15, -0.1) is 0 Å². The SMILES string of the molecule is CCOC(=O)C[C@H]1[C@H](OC(=O)Cc2ccc3c(c2)OCO3)[C@@H](NC(=O)c2ccc(-c3ccccc3)cc2)c2cc(OCCCO)ccc2N1C(=O)Cc1ccc(OC)cc1. The summed E-state index contributed by atoms with van der Waals surface area (Å²) in [6.07, 6.45) is -1.58. The number of methoxy groups -OCH3 is 1.